The molecule has 12 heteroatoms. The van der Waals surface area contributed by atoms with Crippen molar-refractivity contribution < 1.29 is 22.7 Å². The molecule has 1 aromatic rings. The van der Waals surface area contributed by atoms with Crippen LogP contribution in [0.1, 0.15) is 59.3 Å². The molecule has 3 rings (SSSR count). The molecule has 2 aliphatic heterocycles. The van der Waals surface area contributed by atoms with Crippen molar-refractivity contribution in [1.82, 2.24) is 9.62 Å². The van der Waals surface area contributed by atoms with Crippen molar-refractivity contribution >= 4 is 72.5 Å². The average Bonchev–Trinajstić information content (AvgIpc) is 2.84. The summed E-state index contributed by atoms with van der Waals surface area (Å²) in [6, 6.07) is -0.00736. The van der Waals surface area contributed by atoms with E-state index in [4.69, 9.17) is 27.9 Å². The van der Waals surface area contributed by atoms with Crippen LogP contribution in [-0.2, 0) is 19.6 Å². The number of ether oxygens (including phenoxy) is 1. The number of halogens is 3. The highest BCUT2D eigenvalue weighted by atomic mass is 79.9. The van der Waals surface area contributed by atoms with Gasteiger partial charge in [0.1, 0.15) is 19.2 Å². The minimum atomic E-state index is -4.15. The van der Waals surface area contributed by atoms with Gasteiger partial charge in [-0.1, -0.05) is 23.2 Å². The number of nitrogens with one attached hydrogen (secondary N) is 1. The van der Waals surface area contributed by atoms with Crippen molar-refractivity contribution in [2.75, 3.05) is 0 Å². The Bertz CT molecular complexity index is 963. The van der Waals surface area contributed by atoms with Gasteiger partial charge in [0.05, 0.1) is 4.47 Å². The molecule has 1 N–H and O–H groups in total. The lowest BCUT2D eigenvalue weighted by Gasteiger charge is -2.48. The molecule has 0 aromatic carbocycles. The van der Waals surface area contributed by atoms with E-state index in [1.807, 2.05) is 25.7 Å². The van der Waals surface area contributed by atoms with E-state index in [0.29, 0.717) is 12.8 Å². The van der Waals surface area contributed by atoms with Crippen molar-refractivity contribution in [3.63, 3.8) is 0 Å². The van der Waals surface area contributed by atoms with E-state index in [2.05, 4.69) is 20.7 Å². The van der Waals surface area contributed by atoms with Gasteiger partial charge in [-0.05, 0) is 74.7 Å². The third-order valence-electron chi connectivity index (χ3n) is 5.40. The Morgan fingerprint density at radius 1 is 1.19 bits per heavy atom. The molecule has 2 fully saturated rings. The molecular weight excluding hydrogens is 551 g/mol. The molecule has 0 spiro atoms. The van der Waals surface area contributed by atoms with Crippen LogP contribution < -0.4 is 4.72 Å². The summed E-state index contributed by atoms with van der Waals surface area (Å²) < 4.78 is 33.3. The van der Waals surface area contributed by atoms with Crippen LogP contribution >= 0.6 is 50.5 Å². The summed E-state index contributed by atoms with van der Waals surface area (Å²) in [6.07, 6.45) is 3.73. The second-order valence-electron chi connectivity index (χ2n) is 8.99. The number of carbonyl (C=O) groups is 2. The second-order valence-corrected chi connectivity index (χ2v) is 13.6. The van der Waals surface area contributed by atoms with E-state index >= 15 is 0 Å². The fourth-order valence-electron chi connectivity index (χ4n) is 4.35. The first kappa shape index (κ1) is 25.1. The van der Waals surface area contributed by atoms with Crippen LogP contribution in [0.2, 0.25) is 8.67 Å². The Labute approximate surface area is 205 Å². The molecule has 2 bridgehead atoms. The van der Waals surface area contributed by atoms with Crippen molar-refractivity contribution in [3.8, 4) is 0 Å². The van der Waals surface area contributed by atoms with E-state index in [1.165, 1.54) is 0 Å². The standard InChI is InChI=1S/C19H25BrCl2N2O5S2/c1-19(2,3)29-18(26)24-11-5-4-6-12(24)8-10(7-11)9-13(25)23-31(27,28)15-14(20)16(21)30-17(15)22/h10-12H,4-9H2,1-3H3,(H,23,25). The summed E-state index contributed by atoms with van der Waals surface area (Å²) in [5.74, 6) is -0.617. The van der Waals surface area contributed by atoms with Gasteiger partial charge in [-0.15, -0.1) is 11.3 Å². The molecule has 2 saturated heterocycles. The predicted octanol–water partition coefficient (Wildman–Crippen LogP) is 5.58. The third-order valence-corrected chi connectivity index (χ3v) is 10.2. The van der Waals surface area contributed by atoms with Crippen LogP contribution in [0.5, 0.6) is 0 Å². The Morgan fingerprint density at radius 3 is 2.26 bits per heavy atom. The maximum absolute atomic E-state index is 12.7. The Hall–Kier alpha value is -0.550. The van der Waals surface area contributed by atoms with E-state index < -0.39 is 21.5 Å². The molecule has 7 nitrogen and oxygen atoms in total. The van der Waals surface area contributed by atoms with E-state index in [0.717, 1.165) is 30.6 Å². The molecule has 3 heterocycles. The quantitative estimate of drug-likeness (QED) is 0.506. The number of hydrogen-bond donors (Lipinski definition) is 1. The Morgan fingerprint density at radius 2 is 1.77 bits per heavy atom. The first-order valence-corrected chi connectivity index (χ1v) is 13.8. The Balaban J connectivity index is 1.65. The number of fused-ring (bicyclic) bond motifs is 2. The molecule has 2 aliphatic rings. The molecule has 0 aliphatic carbocycles. The molecule has 0 saturated carbocycles. The molecule has 1 aromatic heterocycles. The van der Waals surface area contributed by atoms with Crippen LogP contribution in [-0.4, -0.2) is 43.0 Å². The Kier molecular flexibility index (Phi) is 7.58. The minimum absolute atomic E-state index is 0.00368. The summed E-state index contributed by atoms with van der Waals surface area (Å²) in [4.78, 5) is 26.8. The van der Waals surface area contributed by atoms with E-state index in [1.54, 1.807) is 0 Å². The molecule has 31 heavy (non-hydrogen) atoms. The molecule has 0 radical (unpaired) electrons. The van der Waals surface area contributed by atoms with Crippen LogP contribution in [0.15, 0.2) is 9.37 Å². The maximum Gasteiger partial charge on any atom is 0.410 e. The largest absolute Gasteiger partial charge is 0.444 e. The van der Waals surface area contributed by atoms with Crippen LogP contribution in [0.3, 0.4) is 0 Å². The zero-order chi connectivity index (χ0) is 23.1. The summed E-state index contributed by atoms with van der Waals surface area (Å²) >= 11 is 15.9. The molecular formula is C19H25BrCl2N2O5S2. The van der Waals surface area contributed by atoms with Gasteiger partial charge < -0.3 is 9.64 Å². The monoisotopic (exact) mass is 574 g/mol. The summed E-state index contributed by atoms with van der Waals surface area (Å²) in [5, 5.41) is 0. The van der Waals surface area contributed by atoms with Gasteiger partial charge >= 0.3 is 6.09 Å². The first-order valence-electron chi connectivity index (χ1n) is 9.98. The maximum atomic E-state index is 12.7. The first-order chi connectivity index (χ1) is 14.3. The van der Waals surface area contributed by atoms with Crippen LogP contribution in [0, 0.1) is 5.92 Å². The molecule has 174 valence electrons. The zero-order valence-electron chi connectivity index (χ0n) is 17.4. The third kappa shape index (κ3) is 5.88. The number of rotatable bonds is 4. The lowest BCUT2D eigenvalue weighted by Crippen LogP contribution is -2.56. The zero-order valence-corrected chi connectivity index (χ0v) is 22.1. The van der Waals surface area contributed by atoms with Crippen LogP contribution in [0.25, 0.3) is 0 Å². The fraction of sp³-hybridized carbons (Fsp3) is 0.684. The number of nitrogens with zero attached hydrogens (tertiary/aromatic N) is 1. The highest BCUT2D eigenvalue weighted by Gasteiger charge is 2.43. The lowest BCUT2D eigenvalue weighted by atomic mass is 9.77. The van der Waals surface area contributed by atoms with Crippen molar-refractivity contribution in [2.45, 2.75) is 81.9 Å². The number of sulfonamides is 1. The predicted molar refractivity (Wildman–Crippen MR) is 124 cm³/mol. The van der Waals surface area contributed by atoms with Gasteiger partial charge in [0.15, 0.2) is 0 Å². The van der Waals surface area contributed by atoms with Gasteiger partial charge in [0.25, 0.3) is 10.0 Å². The number of hydrogen-bond acceptors (Lipinski definition) is 6. The van der Waals surface area contributed by atoms with Gasteiger partial charge in [-0.25, -0.2) is 17.9 Å². The smallest absolute Gasteiger partial charge is 0.410 e. The summed E-state index contributed by atoms with van der Waals surface area (Å²) in [6.45, 7) is 5.51. The summed E-state index contributed by atoms with van der Waals surface area (Å²) in [7, 11) is -4.15. The highest BCUT2D eigenvalue weighted by Crippen LogP contribution is 2.43. The van der Waals surface area contributed by atoms with Crippen molar-refractivity contribution in [1.29, 1.82) is 0 Å². The SMILES string of the molecule is CC(C)(C)OC(=O)N1C2CCCC1CC(CC(=O)NS(=O)(=O)c1c(Cl)sc(Cl)c1Br)C2. The van der Waals surface area contributed by atoms with Gasteiger partial charge in [-0.2, -0.15) is 0 Å². The topological polar surface area (TPSA) is 92.8 Å². The molecule has 2 atom stereocenters. The highest BCUT2D eigenvalue weighted by molar-refractivity contribution is 9.10. The normalized spacial score (nSPS) is 24.1. The van der Waals surface area contributed by atoms with E-state index in [-0.39, 0.29) is 48.6 Å². The number of thiophene rings is 1. The van der Waals surface area contributed by atoms with Crippen molar-refractivity contribution in [3.05, 3.63) is 13.1 Å². The van der Waals surface area contributed by atoms with E-state index in [9.17, 15) is 18.0 Å². The van der Waals surface area contributed by atoms with Gasteiger partial charge in [0, 0.05) is 18.5 Å². The minimum Gasteiger partial charge on any atom is -0.444 e. The summed E-state index contributed by atoms with van der Waals surface area (Å²) in [5.41, 5.74) is -0.573. The van der Waals surface area contributed by atoms with Gasteiger partial charge in [0.2, 0.25) is 5.91 Å². The number of piperidine rings is 2. The molecule has 2 amide bonds. The fourth-order valence-corrected chi connectivity index (χ4v) is 8.90. The molecule has 2 unspecified atom stereocenters. The van der Waals surface area contributed by atoms with Crippen LogP contribution in [0.4, 0.5) is 4.79 Å². The number of carbonyl (C=O) groups excluding carboxylic acids is 2. The number of amides is 2. The lowest BCUT2D eigenvalue weighted by molar-refractivity contribution is -0.121. The average molecular weight is 576 g/mol. The van der Waals surface area contributed by atoms with Crippen molar-refractivity contribution in [2.24, 2.45) is 5.92 Å². The second kappa shape index (κ2) is 9.37. The van der Waals surface area contributed by atoms with Gasteiger partial charge in [-0.3, -0.25) is 4.79 Å².